The smallest absolute Gasteiger partial charge is 0.394 e. The van der Waals surface area contributed by atoms with Crippen molar-refractivity contribution in [1.82, 2.24) is 9.97 Å². The number of aliphatic hydroxyl groups excluding tert-OH is 3. The number of halogens is 4. The minimum atomic E-state index is -4.96. The summed E-state index contributed by atoms with van der Waals surface area (Å²) in [5.74, 6) is -1.56. The number of aliphatic hydroxyl groups is 3. The number of hydrogen-bond acceptors (Lipinski definition) is 6. The Labute approximate surface area is 142 Å². The molecule has 2 aromatic heterocycles. The number of nitrogens with zero attached hydrogens (tertiary/aromatic N) is 1. The lowest BCUT2D eigenvalue weighted by Gasteiger charge is -2.16. The number of alkyl halides is 3. The van der Waals surface area contributed by atoms with Crippen LogP contribution in [0.5, 0.6) is 0 Å². The molecule has 3 heterocycles. The van der Waals surface area contributed by atoms with Crippen LogP contribution in [0.15, 0.2) is 12.1 Å². The van der Waals surface area contributed by atoms with Crippen molar-refractivity contribution in [3.63, 3.8) is 0 Å². The number of rotatable bonds is 2. The van der Waals surface area contributed by atoms with E-state index in [1.807, 2.05) is 0 Å². The van der Waals surface area contributed by atoms with Gasteiger partial charge >= 0.3 is 6.18 Å². The van der Waals surface area contributed by atoms with E-state index < -0.39 is 48.7 Å². The van der Waals surface area contributed by atoms with E-state index in [-0.39, 0.29) is 21.2 Å². The molecular formula is C14H12F4N2O4S. The molecule has 1 saturated heterocycles. The predicted octanol–water partition coefficient (Wildman–Crippen LogP) is 1.60. The molecule has 2 aromatic rings. The number of hydrogen-bond donors (Lipinski definition) is 4. The third-order valence-electron chi connectivity index (χ3n) is 3.93. The fraction of sp³-hybridized carbons (Fsp3) is 0.429. The van der Waals surface area contributed by atoms with E-state index in [9.17, 15) is 27.8 Å². The summed E-state index contributed by atoms with van der Waals surface area (Å²) in [4.78, 5) is 5.67. The molecule has 11 heteroatoms. The molecule has 25 heavy (non-hydrogen) atoms. The highest BCUT2D eigenvalue weighted by atomic mass is 32.1. The maximum atomic E-state index is 13.7. The van der Waals surface area contributed by atoms with E-state index in [2.05, 4.69) is 9.97 Å². The van der Waals surface area contributed by atoms with Gasteiger partial charge in [0.15, 0.2) is 11.5 Å². The van der Waals surface area contributed by atoms with Gasteiger partial charge < -0.3 is 25.0 Å². The van der Waals surface area contributed by atoms with Crippen molar-refractivity contribution in [2.75, 3.05) is 6.61 Å². The number of pyridine rings is 2. The average Bonchev–Trinajstić information content (AvgIpc) is 2.81. The standard InChI is InChI=1S/C14H12F4N2O4S/c15-6-2-4-1-5(10-9(23)8(22)7(3-21)24-10)13(25)20-12(4)19-11(6)14(16,17)18/h1-2,7-10,21-23H,3H2,(H,19,20,25). The van der Waals surface area contributed by atoms with Crippen molar-refractivity contribution in [3.05, 3.63) is 33.8 Å². The summed E-state index contributed by atoms with van der Waals surface area (Å²) < 4.78 is 57.1. The van der Waals surface area contributed by atoms with Crippen molar-refractivity contribution in [3.8, 4) is 0 Å². The number of H-pyrrole nitrogens is 1. The van der Waals surface area contributed by atoms with E-state index in [0.717, 1.165) is 0 Å². The molecule has 6 nitrogen and oxygen atoms in total. The van der Waals surface area contributed by atoms with Gasteiger partial charge in [-0.25, -0.2) is 9.37 Å². The van der Waals surface area contributed by atoms with Crippen molar-refractivity contribution < 1.29 is 37.6 Å². The van der Waals surface area contributed by atoms with Gasteiger partial charge in [0.2, 0.25) is 0 Å². The molecule has 1 fully saturated rings. The lowest BCUT2D eigenvalue weighted by atomic mass is 10.0. The first-order valence-corrected chi connectivity index (χ1v) is 7.47. The van der Waals surface area contributed by atoms with Gasteiger partial charge in [0.25, 0.3) is 0 Å². The summed E-state index contributed by atoms with van der Waals surface area (Å²) in [6, 6.07) is 1.87. The summed E-state index contributed by atoms with van der Waals surface area (Å²) in [6.45, 7) is -0.552. The van der Waals surface area contributed by atoms with Crippen molar-refractivity contribution in [1.29, 1.82) is 0 Å². The number of nitrogens with one attached hydrogen (secondary N) is 1. The Morgan fingerprint density at radius 2 is 1.92 bits per heavy atom. The van der Waals surface area contributed by atoms with Gasteiger partial charge in [-0.3, -0.25) is 0 Å². The minimum Gasteiger partial charge on any atom is -0.394 e. The summed E-state index contributed by atoms with van der Waals surface area (Å²) in [7, 11) is 0. The maximum Gasteiger partial charge on any atom is 0.436 e. The molecule has 0 aromatic carbocycles. The van der Waals surface area contributed by atoms with Crippen LogP contribution in [0.25, 0.3) is 11.0 Å². The van der Waals surface area contributed by atoms with Crippen LogP contribution >= 0.6 is 12.2 Å². The first kappa shape index (κ1) is 18.1. The molecule has 4 N–H and O–H groups in total. The second kappa shape index (κ2) is 6.25. The van der Waals surface area contributed by atoms with Gasteiger partial charge in [0, 0.05) is 10.9 Å². The quantitative estimate of drug-likeness (QED) is 0.467. The minimum absolute atomic E-state index is 0.0214. The molecule has 136 valence electrons. The normalized spacial score (nSPS) is 27.2. The lowest BCUT2D eigenvalue weighted by Crippen LogP contribution is -2.32. The Morgan fingerprint density at radius 3 is 2.48 bits per heavy atom. The maximum absolute atomic E-state index is 13.7. The van der Waals surface area contributed by atoms with Crippen molar-refractivity contribution >= 4 is 23.3 Å². The molecule has 1 aliphatic heterocycles. The SMILES string of the molecule is OCC1OC(c2cc3cc(F)c(C(F)(F)F)nc3[nH]c2=S)C(O)C1O. The molecule has 0 amide bonds. The van der Waals surface area contributed by atoms with Crippen LogP contribution in [0.3, 0.4) is 0 Å². The number of aromatic amines is 1. The highest BCUT2D eigenvalue weighted by molar-refractivity contribution is 7.71. The third kappa shape index (κ3) is 3.13. The Balaban J connectivity index is 2.10. The molecule has 0 spiro atoms. The summed E-state index contributed by atoms with van der Waals surface area (Å²) in [5.41, 5.74) is -1.83. The van der Waals surface area contributed by atoms with E-state index in [4.69, 9.17) is 22.1 Å². The largest absolute Gasteiger partial charge is 0.436 e. The average molecular weight is 380 g/mol. The monoisotopic (exact) mass is 380 g/mol. The fourth-order valence-electron chi connectivity index (χ4n) is 2.69. The Bertz CT molecular complexity index is 872. The molecule has 4 atom stereocenters. The van der Waals surface area contributed by atoms with Crippen LogP contribution < -0.4 is 0 Å². The molecule has 0 saturated carbocycles. The van der Waals surface area contributed by atoms with Crippen LogP contribution in [0, 0.1) is 10.5 Å². The molecule has 0 aliphatic carbocycles. The van der Waals surface area contributed by atoms with Crippen LogP contribution in [-0.4, -0.2) is 50.2 Å². The van der Waals surface area contributed by atoms with Gasteiger partial charge in [-0.05, 0) is 12.1 Å². The van der Waals surface area contributed by atoms with Crippen LogP contribution in [-0.2, 0) is 10.9 Å². The van der Waals surface area contributed by atoms with Crippen LogP contribution in [0.4, 0.5) is 17.6 Å². The Morgan fingerprint density at radius 1 is 1.24 bits per heavy atom. The van der Waals surface area contributed by atoms with Gasteiger partial charge in [-0.1, -0.05) is 12.2 Å². The summed E-state index contributed by atoms with van der Waals surface area (Å²) in [5, 5.41) is 28.9. The molecule has 0 radical (unpaired) electrons. The second-order valence-corrected chi connectivity index (χ2v) is 5.98. The van der Waals surface area contributed by atoms with Gasteiger partial charge in [0.1, 0.15) is 34.7 Å². The highest BCUT2D eigenvalue weighted by Crippen LogP contribution is 2.36. The topological polar surface area (TPSA) is 98.6 Å². The van der Waals surface area contributed by atoms with Crippen LogP contribution in [0.2, 0.25) is 0 Å². The van der Waals surface area contributed by atoms with Crippen LogP contribution in [0.1, 0.15) is 17.4 Å². The lowest BCUT2D eigenvalue weighted by molar-refractivity contribution is -0.143. The highest BCUT2D eigenvalue weighted by Gasteiger charge is 2.43. The zero-order valence-electron chi connectivity index (χ0n) is 12.3. The van der Waals surface area contributed by atoms with E-state index >= 15 is 0 Å². The number of aromatic nitrogens is 2. The molecule has 1 aliphatic rings. The number of fused-ring (bicyclic) bond motifs is 1. The van der Waals surface area contributed by atoms with E-state index in [1.165, 1.54) is 6.07 Å². The van der Waals surface area contributed by atoms with Gasteiger partial charge in [-0.15, -0.1) is 0 Å². The van der Waals surface area contributed by atoms with Crippen molar-refractivity contribution in [2.45, 2.75) is 30.6 Å². The van der Waals surface area contributed by atoms with Gasteiger partial charge in [-0.2, -0.15) is 13.2 Å². The third-order valence-corrected chi connectivity index (χ3v) is 4.27. The van der Waals surface area contributed by atoms with E-state index in [1.54, 1.807) is 0 Å². The first-order chi connectivity index (χ1) is 11.6. The Kier molecular flexibility index (Phi) is 4.54. The van der Waals surface area contributed by atoms with Crippen molar-refractivity contribution in [2.24, 2.45) is 0 Å². The molecular weight excluding hydrogens is 368 g/mol. The summed E-state index contributed by atoms with van der Waals surface area (Å²) in [6.07, 6.45) is -9.94. The second-order valence-electron chi connectivity index (χ2n) is 5.57. The molecule has 4 unspecified atom stereocenters. The Hall–Kier alpha value is -1.66. The zero-order valence-corrected chi connectivity index (χ0v) is 13.1. The zero-order chi connectivity index (χ0) is 18.5. The predicted molar refractivity (Wildman–Crippen MR) is 78.6 cm³/mol. The first-order valence-electron chi connectivity index (χ1n) is 7.06. The fourth-order valence-corrected chi connectivity index (χ4v) is 2.96. The number of ether oxygens (including phenoxy) is 1. The molecule has 0 bridgehead atoms. The van der Waals surface area contributed by atoms with Gasteiger partial charge in [0.05, 0.1) is 6.61 Å². The van der Waals surface area contributed by atoms with E-state index in [0.29, 0.717) is 6.07 Å². The molecule has 3 rings (SSSR count). The summed E-state index contributed by atoms with van der Waals surface area (Å²) >= 11 is 5.05.